The van der Waals surface area contributed by atoms with Gasteiger partial charge in [-0.1, -0.05) is 40.0 Å². The Morgan fingerprint density at radius 2 is 1.67 bits per heavy atom. The Morgan fingerprint density at radius 3 is 2.28 bits per heavy atom. The van der Waals surface area contributed by atoms with Gasteiger partial charge in [0.2, 0.25) is 0 Å². The van der Waals surface area contributed by atoms with E-state index in [9.17, 15) is 0 Å². The van der Waals surface area contributed by atoms with Crippen LogP contribution in [0.5, 0.6) is 0 Å². The van der Waals surface area contributed by atoms with E-state index in [0.29, 0.717) is 12.2 Å². The minimum Gasteiger partial charge on any atom is -0.372 e. The zero-order chi connectivity index (χ0) is 13.0. The van der Waals surface area contributed by atoms with Gasteiger partial charge in [0, 0.05) is 13.1 Å². The maximum Gasteiger partial charge on any atom is 0.0707 e. The lowest BCUT2D eigenvalue weighted by atomic mass is 9.97. The molecular formula is C16H31NO. The molecule has 18 heavy (non-hydrogen) atoms. The van der Waals surface area contributed by atoms with Crippen molar-refractivity contribution in [2.75, 3.05) is 19.6 Å². The third kappa shape index (κ3) is 4.55. The second kappa shape index (κ2) is 6.91. The van der Waals surface area contributed by atoms with Crippen molar-refractivity contribution in [3.05, 3.63) is 0 Å². The van der Waals surface area contributed by atoms with Crippen LogP contribution in [0.1, 0.15) is 59.3 Å². The molecule has 0 spiro atoms. The summed E-state index contributed by atoms with van der Waals surface area (Å²) in [5.41, 5.74) is 0. The average molecular weight is 253 g/mol. The predicted molar refractivity (Wildman–Crippen MR) is 76.8 cm³/mol. The zero-order valence-electron chi connectivity index (χ0n) is 12.5. The Labute approximate surface area is 113 Å². The van der Waals surface area contributed by atoms with E-state index in [0.717, 1.165) is 11.8 Å². The van der Waals surface area contributed by atoms with Crippen molar-refractivity contribution in [1.82, 2.24) is 4.90 Å². The number of morpholine rings is 1. The molecule has 106 valence electrons. The summed E-state index contributed by atoms with van der Waals surface area (Å²) in [6, 6.07) is 0. The quantitative estimate of drug-likeness (QED) is 0.686. The number of likely N-dealkylation sites (tertiary alicyclic amines) is 1. The second-order valence-corrected chi connectivity index (χ2v) is 6.94. The van der Waals surface area contributed by atoms with Crippen molar-refractivity contribution in [2.24, 2.45) is 11.8 Å². The fraction of sp³-hybridized carbons (Fsp3) is 1.00. The molecule has 0 radical (unpaired) electrons. The van der Waals surface area contributed by atoms with Crippen LogP contribution in [0, 0.1) is 11.8 Å². The Balaban J connectivity index is 1.57. The molecule has 2 saturated heterocycles. The van der Waals surface area contributed by atoms with Gasteiger partial charge in [0.15, 0.2) is 0 Å². The molecule has 0 aliphatic carbocycles. The summed E-state index contributed by atoms with van der Waals surface area (Å²) < 4.78 is 5.88. The molecule has 0 aromatic carbocycles. The van der Waals surface area contributed by atoms with E-state index in [2.05, 4.69) is 25.7 Å². The number of ether oxygens (including phenoxy) is 1. The molecule has 2 heteroatoms. The first-order valence-electron chi connectivity index (χ1n) is 8.01. The van der Waals surface area contributed by atoms with Gasteiger partial charge in [-0.05, 0) is 37.6 Å². The predicted octanol–water partition coefficient (Wildman–Crippen LogP) is 3.70. The minimum absolute atomic E-state index is 0.556. The van der Waals surface area contributed by atoms with E-state index in [-0.39, 0.29) is 0 Å². The van der Waals surface area contributed by atoms with E-state index in [4.69, 9.17) is 4.74 Å². The molecule has 2 aliphatic heterocycles. The molecule has 0 aromatic rings. The molecule has 2 heterocycles. The van der Waals surface area contributed by atoms with Gasteiger partial charge in [-0.15, -0.1) is 0 Å². The topological polar surface area (TPSA) is 12.5 Å². The summed E-state index contributed by atoms with van der Waals surface area (Å²) >= 11 is 0. The molecule has 3 unspecified atom stereocenters. The summed E-state index contributed by atoms with van der Waals surface area (Å²) in [4.78, 5) is 2.64. The smallest absolute Gasteiger partial charge is 0.0707 e. The lowest BCUT2D eigenvalue weighted by Crippen LogP contribution is -2.43. The van der Waals surface area contributed by atoms with Crippen molar-refractivity contribution in [3.8, 4) is 0 Å². The summed E-state index contributed by atoms with van der Waals surface area (Å²) in [7, 11) is 0. The van der Waals surface area contributed by atoms with Crippen molar-refractivity contribution in [1.29, 1.82) is 0 Å². The van der Waals surface area contributed by atoms with Gasteiger partial charge in [0.05, 0.1) is 12.2 Å². The highest BCUT2D eigenvalue weighted by Crippen LogP contribution is 2.26. The maximum absolute atomic E-state index is 5.88. The summed E-state index contributed by atoms with van der Waals surface area (Å²) in [5.74, 6) is 1.76. The van der Waals surface area contributed by atoms with Crippen LogP contribution in [0.3, 0.4) is 0 Å². The highest BCUT2D eigenvalue weighted by atomic mass is 16.5. The largest absolute Gasteiger partial charge is 0.372 e. The number of hydrogen-bond acceptors (Lipinski definition) is 2. The second-order valence-electron chi connectivity index (χ2n) is 6.94. The van der Waals surface area contributed by atoms with Crippen LogP contribution in [-0.2, 0) is 4.74 Å². The van der Waals surface area contributed by atoms with Crippen LogP contribution < -0.4 is 0 Å². The van der Waals surface area contributed by atoms with Gasteiger partial charge >= 0.3 is 0 Å². The fourth-order valence-electron chi connectivity index (χ4n) is 3.30. The monoisotopic (exact) mass is 253 g/mol. The van der Waals surface area contributed by atoms with Gasteiger partial charge < -0.3 is 4.74 Å². The summed E-state index contributed by atoms with van der Waals surface area (Å²) in [6.07, 6.45) is 9.29. The van der Waals surface area contributed by atoms with E-state index in [1.807, 2.05) is 0 Å². The number of hydrogen-bond donors (Lipinski definition) is 0. The van der Waals surface area contributed by atoms with Crippen LogP contribution in [0.25, 0.3) is 0 Å². The van der Waals surface area contributed by atoms with Crippen LogP contribution in [0.2, 0.25) is 0 Å². The first-order valence-corrected chi connectivity index (χ1v) is 8.01. The van der Waals surface area contributed by atoms with Crippen molar-refractivity contribution < 1.29 is 4.74 Å². The van der Waals surface area contributed by atoms with Gasteiger partial charge in [-0.25, -0.2) is 0 Å². The van der Waals surface area contributed by atoms with Crippen molar-refractivity contribution in [2.45, 2.75) is 71.5 Å². The Morgan fingerprint density at radius 1 is 1.00 bits per heavy atom. The Kier molecular flexibility index (Phi) is 5.50. The Hall–Kier alpha value is -0.0800. The van der Waals surface area contributed by atoms with Gasteiger partial charge in [0.1, 0.15) is 0 Å². The fourth-order valence-corrected chi connectivity index (χ4v) is 3.30. The third-order valence-electron chi connectivity index (χ3n) is 4.54. The summed E-state index contributed by atoms with van der Waals surface area (Å²) in [5, 5.41) is 0. The molecular weight excluding hydrogens is 222 g/mol. The highest BCUT2D eigenvalue weighted by Gasteiger charge is 2.33. The molecule has 3 atom stereocenters. The molecule has 0 aromatic heterocycles. The van der Waals surface area contributed by atoms with Crippen molar-refractivity contribution >= 4 is 0 Å². The molecule has 0 amide bonds. The van der Waals surface area contributed by atoms with E-state index in [1.54, 1.807) is 0 Å². The first-order chi connectivity index (χ1) is 8.63. The molecule has 2 rings (SSSR count). The number of fused-ring (bicyclic) bond motifs is 2. The molecule has 0 saturated carbocycles. The number of rotatable bonds is 7. The van der Waals surface area contributed by atoms with E-state index >= 15 is 0 Å². The van der Waals surface area contributed by atoms with E-state index < -0.39 is 0 Å². The SMILES string of the molecule is CC(C)CCCC(C)CCN1CC2CCC(C1)O2. The maximum atomic E-state index is 5.88. The standard InChI is InChI=1S/C16H31NO/c1-13(2)5-4-6-14(3)9-10-17-11-15-7-8-16(12-17)18-15/h13-16H,4-12H2,1-3H3. The minimum atomic E-state index is 0.556. The van der Waals surface area contributed by atoms with Crippen LogP contribution in [0.4, 0.5) is 0 Å². The Bertz CT molecular complexity index is 229. The zero-order valence-corrected chi connectivity index (χ0v) is 12.5. The van der Waals surface area contributed by atoms with Gasteiger partial charge in [0.25, 0.3) is 0 Å². The lowest BCUT2D eigenvalue weighted by Gasteiger charge is -2.32. The summed E-state index contributed by atoms with van der Waals surface area (Å²) in [6.45, 7) is 10.8. The van der Waals surface area contributed by atoms with Crippen LogP contribution >= 0.6 is 0 Å². The number of nitrogens with zero attached hydrogens (tertiary/aromatic N) is 1. The van der Waals surface area contributed by atoms with Crippen molar-refractivity contribution in [3.63, 3.8) is 0 Å². The lowest BCUT2D eigenvalue weighted by molar-refractivity contribution is -0.0394. The highest BCUT2D eigenvalue weighted by molar-refractivity contribution is 4.84. The average Bonchev–Trinajstić information content (AvgIpc) is 2.65. The van der Waals surface area contributed by atoms with Gasteiger partial charge in [-0.2, -0.15) is 0 Å². The molecule has 2 nitrogen and oxygen atoms in total. The first kappa shape index (κ1) is 14.3. The molecule has 0 N–H and O–H groups in total. The normalized spacial score (nSPS) is 30.0. The van der Waals surface area contributed by atoms with Crippen LogP contribution in [0.15, 0.2) is 0 Å². The molecule has 2 fully saturated rings. The molecule has 2 aliphatic rings. The van der Waals surface area contributed by atoms with Gasteiger partial charge in [-0.3, -0.25) is 4.90 Å². The third-order valence-corrected chi connectivity index (χ3v) is 4.54. The van der Waals surface area contributed by atoms with Crippen LogP contribution in [-0.4, -0.2) is 36.7 Å². The molecule has 2 bridgehead atoms. The van der Waals surface area contributed by atoms with E-state index in [1.165, 1.54) is 58.2 Å².